The van der Waals surface area contributed by atoms with E-state index in [1.807, 2.05) is 13.1 Å². The SMILES string of the molecule is CCCCCCCC1=NC(CCCCCCC)(C(C)C(N)=O)C=N1. The Morgan fingerprint density at radius 3 is 2.21 bits per heavy atom. The van der Waals surface area contributed by atoms with E-state index in [9.17, 15) is 4.79 Å². The third kappa shape index (κ3) is 6.74. The molecule has 0 saturated carbocycles. The van der Waals surface area contributed by atoms with Crippen molar-refractivity contribution in [1.82, 2.24) is 0 Å². The summed E-state index contributed by atoms with van der Waals surface area (Å²) in [6, 6.07) is 0. The van der Waals surface area contributed by atoms with Gasteiger partial charge in [0.15, 0.2) is 0 Å². The van der Waals surface area contributed by atoms with E-state index in [2.05, 4.69) is 18.8 Å². The third-order valence-electron chi connectivity index (χ3n) is 5.14. The maximum absolute atomic E-state index is 11.8. The zero-order valence-corrected chi connectivity index (χ0v) is 16.0. The van der Waals surface area contributed by atoms with Crippen LogP contribution in [0.15, 0.2) is 9.98 Å². The quantitative estimate of drug-likeness (QED) is 0.443. The Morgan fingerprint density at radius 1 is 1.04 bits per heavy atom. The highest BCUT2D eigenvalue weighted by molar-refractivity contribution is 6.00. The number of amidine groups is 1. The van der Waals surface area contributed by atoms with Gasteiger partial charge in [0.05, 0.1) is 5.92 Å². The second-order valence-electron chi connectivity index (χ2n) is 7.23. The van der Waals surface area contributed by atoms with Gasteiger partial charge in [-0.15, -0.1) is 0 Å². The van der Waals surface area contributed by atoms with Crippen LogP contribution in [0.1, 0.15) is 97.8 Å². The van der Waals surface area contributed by atoms with Crippen LogP contribution in [0, 0.1) is 5.92 Å². The molecule has 4 heteroatoms. The molecule has 0 aromatic carbocycles. The van der Waals surface area contributed by atoms with Crippen LogP contribution < -0.4 is 5.73 Å². The molecule has 1 amide bonds. The number of nitrogens with two attached hydrogens (primary N) is 1. The van der Waals surface area contributed by atoms with Gasteiger partial charge in [-0.1, -0.05) is 78.6 Å². The number of amides is 1. The van der Waals surface area contributed by atoms with Crippen molar-refractivity contribution in [3.8, 4) is 0 Å². The summed E-state index contributed by atoms with van der Waals surface area (Å²) >= 11 is 0. The smallest absolute Gasteiger partial charge is 0.223 e. The maximum Gasteiger partial charge on any atom is 0.223 e. The van der Waals surface area contributed by atoms with Crippen molar-refractivity contribution in [2.24, 2.45) is 21.6 Å². The summed E-state index contributed by atoms with van der Waals surface area (Å²) in [6.45, 7) is 6.34. The van der Waals surface area contributed by atoms with Gasteiger partial charge in [0.25, 0.3) is 0 Å². The first-order chi connectivity index (χ1) is 11.6. The standard InChI is InChI=1S/C20H37N3O/c1-4-6-8-10-12-14-18-22-16-20(23-18,17(3)19(21)24)15-13-11-9-7-5-2/h16-17H,4-15H2,1-3H3,(H2,21,24). The number of carbonyl (C=O) groups is 1. The van der Waals surface area contributed by atoms with Crippen LogP contribution in [0.25, 0.3) is 0 Å². The van der Waals surface area contributed by atoms with Crippen molar-refractivity contribution in [2.75, 3.05) is 0 Å². The third-order valence-corrected chi connectivity index (χ3v) is 5.14. The number of aliphatic imine (C=N–C) groups is 2. The fourth-order valence-corrected chi connectivity index (χ4v) is 3.30. The maximum atomic E-state index is 11.8. The molecule has 0 aromatic rings. The topological polar surface area (TPSA) is 67.8 Å². The van der Waals surface area contributed by atoms with Crippen LogP contribution in [0.4, 0.5) is 0 Å². The normalized spacial score (nSPS) is 21.0. The van der Waals surface area contributed by atoms with Crippen molar-refractivity contribution in [1.29, 1.82) is 0 Å². The highest BCUT2D eigenvalue weighted by atomic mass is 16.1. The average molecular weight is 336 g/mol. The van der Waals surface area contributed by atoms with Gasteiger partial charge in [-0.25, -0.2) is 4.99 Å². The minimum absolute atomic E-state index is 0.275. The lowest BCUT2D eigenvalue weighted by molar-refractivity contribution is -0.122. The first kappa shape index (κ1) is 20.9. The van der Waals surface area contributed by atoms with E-state index in [1.165, 1.54) is 51.4 Å². The molecule has 2 atom stereocenters. The first-order valence-corrected chi connectivity index (χ1v) is 9.99. The molecule has 1 aliphatic heterocycles. The summed E-state index contributed by atoms with van der Waals surface area (Å²) in [4.78, 5) is 21.2. The van der Waals surface area contributed by atoms with Gasteiger partial charge in [0.2, 0.25) is 5.91 Å². The molecule has 0 fully saturated rings. The number of rotatable bonds is 14. The Kier molecular flexibility index (Phi) is 9.89. The fraction of sp³-hybridized carbons (Fsp3) is 0.850. The van der Waals surface area contributed by atoms with Gasteiger partial charge in [-0.2, -0.15) is 0 Å². The molecule has 24 heavy (non-hydrogen) atoms. The summed E-state index contributed by atoms with van der Waals surface area (Å²) in [7, 11) is 0. The molecule has 0 saturated heterocycles. The summed E-state index contributed by atoms with van der Waals surface area (Å²) < 4.78 is 0. The van der Waals surface area contributed by atoms with E-state index in [0.29, 0.717) is 0 Å². The average Bonchev–Trinajstić information content (AvgIpc) is 2.98. The lowest BCUT2D eigenvalue weighted by Gasteiger charge is -2.28. The van der Waals surface area contributed by atoms with Gasteiger partial charge >= 0.3 is 0 Å². The summed E-state index contributed by atoms with van der Waals surface area (Å²) in [6.07, 6.45) is 16.0. The molecule has 0 aromatic heterocycles. The highest BCUT2D eigenvalue weighted by Crippen LogP contribution is 2.31. The number of hydrogen-bond acceptors (Lipinski definition) is 3. The molecule has 0 aliphatic carbocycles. The number of unbranched alkanes of at least 4 members (excludes halogenated alkanes) is 8. The van der Waals surface area contributed by atoms with Gasteiger partial charge < -0.3 is 5.73 Å². The molecule has 0 bridgehead atoms. The van der Waals surface area contributed by atoms with Crippen LogP contribution in [0.5, 0.6) is 0 Å². The van der Waals surface area contributed by atoms with Crippen LogP contribution in [-0.4, -0.2) is 23.5 Å². The largest absolute Gasteiger partial charge is 0.369 e. The van der Waals surface area contributed by atoms with Crippen LogP contribution in [-0.2, 0) is 4.79 Å². The van der Waals surface area contributed by atoms with Gasteiger partial charge in [0, 0.05) is 12.6 Å². The zero-order valence-electron chi connectivity index (χ0n) is 16.0. The zero-order chi connectivity index (χ0) is 17.8. The number of hydrogen-bond donors (Lipinski definition) is 1. The Labute approximate surface area is 148 Å². The minimum atomic E-state index is -0.489. The Hall–Kier alpha value is -1.19. The summed E-state index contributed by atoms with van der Waals surface area (Å²) in [5.41, 5.74) is 5.09. The lowest BCUT2D eigenvalue weighted by atomic mass is 9.82. The number of carbonyl (C=O) groups excluding carboxylic acids is 1. The molecular weight excluding hydrogens is 298 g/mol. The summed E-state index contributed by atoms with van der Waals surface area (Å²) in [5.74, 6) is 0.348. The first-order valence-electron chi connectivity index (χ1n) is 9.99. The second kappa shape index (κ2) is 11.4. The minimum Gasteiger partial charge on any atom is -0.369 e. The van der Waals surface area contributed by atoms with Gasteiger partial charge in [-0.05, 0) is 12.8 Å². The molecule has 0 spiro atoms. The molecule has 0 radical (unpaired) electrons. The van der Waals surface area contributed by atoms with Crippen LogP contribution >= 0.6 is 0 Å². The molecule has 138 valence electrons. The van der Waals surface area contributed by atoms with Crippen LogP contribution in [0.2, 0.25) is 0 Å². The second-order valence-corrected chi connectivity index (χ2v) is 7.23. The van der Waals surface area contributed by atoms with Crippen molar-refractivity contribution in [2.45, 2.75) is 103 Å². The predicted octanol–water partition coefficient (Wildman–Crippen LogP) is 5.05. The van der Waals surface area contributed by atoms with Crippen molar-refractivity contribution >= 4 is 18.0 Å². The Morgan fingerprint density at radius 2 is 1.62 bits per heavy atom. The Bertz CT molecular complexity index is 431. The number of nitrogens with zero attached hydrogens (tertiary/aromatic N) is 2. The summed E-state index contributed by atoms with van der Waals surface area (Å²) in [5, 5.41) is 0. The van der Waals surface area contributed by atoms with Gasteiger partial charge in [-0.3, -0.25) is 9.79 Å². The van der Waals surface area contributed by atoms with E-state index < -0.39 is 5.54 Å². The van der Waals surface area contributed by atoms with E-state index in [4.69, 9.17) is 10.7 Å². The van der Waals surface area contributed by atoms with E-state index in [-0.39, 0.29) is 11.8 Å². The lowest BCUT2D eigenvalue weighted by Crippen LogP contribution is -2.42. The predicted molar refractivity (Wildman–Crippen MR) is 104 cm³/mol. The number of primary amides is 1. The van der Waals surface area contributed by atoms with E-state index in [0.717, 1.165) is 31.5 Å². The van der Waals surface area contributed by atoms with Crippen molar-refractivity contribution < 1.29 is 4.79 Å². The monoisotopic (exact) mass is 335 g/mol. The molecule has 2 unspecified atom stereocenters. The van der Waals surface area contributed by atoms with Crippen molar-refractivity contribution in [3.05, 3.63) is 0 Å². The van der Waals surface area contributed by atoms with Crippen molar-refractivity contribution in [3.63, 3.8) is 0 Å². The molecule has 1 heterocycles. The molecular formula is C20H37N3O. The van der Waals surface area contributed by atoms with E-state index in [1.54, 1.807) is 0 Å². The fourth-order valence-electron chi connectivity index (χ4n) is 3.30. The Balaban J connectivity index is 2.57. The molecule has 4 nitrogen and oxygen atoms in total. The molecule has 2 N–H and O–H groups in total. The molecule has 1 aliphatic rings. The highest BCUT2D eigenvalue weighted by Gasteiger charge is 2.40. The van der Waals surface area contributed by atoms with E-state index >= 15 is 0 Å². The van der Waals surface area contributed by atoms with Crippen LogP contribution in [0.3, 0.4) is 0 Å². The molecule has 1 rings (SSSR count). The van der Waals surface area contributed by atoms with Gasteiger partial charge in [0.1, 0.15) is 11.4 Å².